The standard InChI is InChI=1S/C14H21N3O/c1-11(9-15)14(18)17-8-7-16(2)13-6-4-3-5-12(13)10-17/h3-6,11H,7-10,15H2,1-2H3. The van der Waals surface area contributed by atoms with Crippen molar-refractivity contribution in [2.75, 3.05) is 31.6 Å². The van der Waals surface area contributed by atoms with E-state index in [0.717, 1.165) is 13.1 Å². The lowest BCUT2D eigenvalue weighted by atomic mass is 10.1. The average molecular weight is 247 g/mol. The Bertz CT molecular complexity index is 433. The normalized spacial score (nSPS) is 17.1. The van der Waals surface area contributed by atoms with Gasteiger partial charge >= 0.3 is 0 Å². The third kappa shape index (κ3) is 2.48. The first-order valence-corrected chi connectivity index (χ1v) is 6.41. The first kappa shape index (κ1) is 12.9. The summed E-state index contributed by atoms with van der Waals surface area (Å²) in [6.45, 7) is 4.60. The predicted molar refractivity (Wildman–Crippen MR) is 73.3 cm³/mol. The zero-order chi connectivity index (χ0) is 13.1. The van der Waals surface area contributed by atoms with Gasteiger partial charge in [-0.3, -0.25) is 4.79 Å². The molecule has 1 aliphatic rings. The van der Waals surface area contributed by atoms with Gasteiger partial charge in [-0.15, -0.1) is 0 Å². The molecular weight excluding hydrogens is 226 g/mol. The number of benzene rings is 1. The lowest BCUT2D eigenvalue weighted by molar-refractivity contribution is -0.135. The number of nitrogens with two attached hydrogens (primary N) is 1. The van der Waals surface area contributed by atoms with E-state index in [1.165, 1.54) is 11.3 Å². The van der Waals surface area contributed by atoms with Crippen LogP contribution in [0.1, 0.15) is 12.5 Å². The third-order valence-corrected chi connectivity index (χ3v) is 3.56. The van der Waals surface area contributed by atoms with Gasteiger partial charge in [0, 0.05) is 44.8 Å². The fourth-order valence-electron chi connectivity index (χ4n) is 2.29. The number of fused-ring (bicyclic) bond motifs is 1. The van der Waals surface area contributed by atoms with Gasteiger partial charge in [0.05, 0.1) is 0 Å². The molecule has 0 radical (unpaired) electrons. The van der Waals surface area contributed by atoms with Crippen molar-refractivity contribution in [2.45, 2.75) is 13.5 Å². The minimum atomic E-state index is -0.0967. The summed E-state index contributed by atoms with van der Waals surface area (Å²) < 4.78 is 0. The maximum Gasteiger partial charge on any atom is 0.227 e. The molecule has 1 amide bonds. The Balaban J connectivity index is 2.22. The van der Waals surface area contributed by atoms with Gasteiger partial charge in [-0.1, -0.05) is 25.1 Å². The Kier molecular flexibility index (Phi) is 3.87. The zero-order valence-electron chi connectivity index (χ0n) is 11.1. The number of rotatable bonds is 2. The Morgan fingerprint density at radius 3 is 2.83 bits per heavy atom. The van der Waals surface area contributed by atoms with E-state index in [1.54, 1.807) is 0 Å². The number of carbonyl (C=O) groups excluding carboxylic acids is 1. The summed E-state index contributed by atoms with van der Waals surface area (Å²) in [7, 11) is 2.07. The van der Waals surface area contributed by atoms with Crippen molar-refractivity contribution in [2.24, 2.45) is 11.7 Å². The Morgan fingerprint density at radius 1 is 1.39 bits per heavy atom. The molecule has 2 N–H and O–H groups in total. The maximum atomic E-state index is 12.2. The van der Waals surface area contributed by atoms with E-state index in [2.05, 4.69) is 24.1 Å². The fraction of sp³-hybridized carbons (Fsp3) is 0.500. The molecular formula is C14H21N3O. The number of likely N-dealkylation sites (N-methyl/N-ethyl adjacent to an activating group) is 1. The number of amides is 1. The van der Waals surface area contributed by atoms with Crippen molar-refractivity contribution in [3.05, 3.63) is 29.8 Å². The second-order valence-electron chi connectivity index (χ2n) is 4.95. The summed E-state index contributed by atoms with van der Waals surface area (Å²) in [4.78, 5) is 16.3. The zero-order valence-corrected chi connectivity index (χ0v) is 11.1. The van der Waals surface area contributed by atoms with Crippen molar-refractivity contribution >= 4 is 11.6 Å². The lowest BCUT2D eigenvalue weighted by Gasteiger charge is -2.23. The predicted octanol–water partition coefficient (Wildman–Crippen LogP) is 1.06. The number of hydrogen-bond donors (Lipinski definition) is 1. The molecule has 0 aliphatic carbocycles. The van der Waals surface area contributed by atoms with Gasteiger partial charge in [-0.2, -0.15) is 0 Å². The van der Waals surface area contributed by atoms with Crippen LogP contribution in [0.15, 0.2) is 24.3 Å². The van der Waals surface area contributed by atoms with Crippen LogP contribution in [-0.4, -0.2) is 37.5 Å². The van der Waals surface area contributed by atoms with Gasteiger partial charge in [0.15, 0.2) is 0 Å². The molecule has 0 spiro atoms. The Morgan fingerprint density at radius 2 is 2.11 bits per heavy atom. The highest BCUT2D eigenvalue weighted by Crippen LogP contribution is 2.24. The molecule has 1 aliphatic heterocycles. The molecule has 18 heavy (non-hydrogen) atoms. The smallest absolute Gasteiger partial charge is 0.227 e. The van der Waals surface area contributed by atoms with E-state index in [4.69, 9.17) is 5.73 Å². The molecule has 1 aromatic rings. The minimum absolute atomic E-state index is 0.0967. The monoisotopic (exact) mass is 247 g/mol. The van der Waals surface area contributed by atoms with Gasteiger partial charge in [-0.25, -0.2) is 0 Å². The quantitative estimate of drug-likeness (QED) is 0.850. The molecule has 0 fully saturated rings. The van der Waals surface area contributed by atoms with Crippen LogP contribution in [0.3, 0.4) is 0 Å². The van der Waals surface area contributed by atoms with Gasteiger partial charge < -0.3 is 15.5 Å². The third-order valence-electron chi connectivity index (χ3n) is 3.56. The van der Waals surface area contributed by atoms with Gasteiger partial charge in [0.2, 0.25) is 5.91 Å². The molecule has 4 nitrogen and oxygen atoms in total. The number of para-hydroxylation sites is 1. The Labute approximate surface area is 108 Å². The number of anilines is 1. The van der Waals surface area contributed by atoms with Crippen molar-refractivity contribution in [1.82, 2.24) is 4.90 Å². The van der Waals surface area contributed by atoms with E-state index in [0.29, 0.717) is 13.1 Å². The number of nitrogens with zero attached hydrogens (tertiary/aromatic N) is 2. The maximum absolute atomic E-state index is 12.2. The van der Waals surface area contributed by atoms with E-state index < -0.39 is 0 Å². The van der Waals surface area contributed by atoms with Crippen LogP contribution in [0.25, 0.3) is 0 Å². The van der Waals surface area contributed by atoms with Gasteiger partial charge in [0.25, 0.3) is 0 Å². The SMILES string of the molecule is CC(CN)C(=O)N1CCN(C)c2ccccc2C1. The Hall–Kier alpha value is -1.55. The molecule has 1 heterocycles. The summed E-state index contributed by atoms with van der Waals surface area (Å²) >= 11 is 0. The van der Waals surface area contributed by atoms with Crippen LogP contribution in [0.5, 0.6) is 0 Å². The van der Waals surface area contributed by atoms with E-state index in [1.807, 2.05) is 24.0 Å². The van der Waals surface area contributed by atoms with Gasteiger partial charge in [-0.05, 0) is 11.6 Å². The molecule has 1 unspecified atom stereocenters. The second kappa shape index (κ2) is 5.40. The molecule has 1 atom stereocenters. The largest absolute Gasteiger partial charge is 0.373 e. The molecule has 0 bridgehead atoms. The van der Waals surface area contributed by atoms with Crippen LogP contribution in [0, 0.1) is 5.92 Å². The second-order valence-corrected chi connectivity index (χ2v) is 4.95. The summed E-state index contributed by atoms with van der Waals surface area (Å²) in [5.74, 6) is 0.0585. The van der Waals surface area contributed by atoms with Crippen molar-refractivity contribution in [3.63, 3.8) is 0 Å². The summed E-state index contributed by atoms with van der Waals surface area (Å²) in [5.41, 5.74) is 8.00. The first-order chi connectivity index (χ1) is 8.63. The molecule has 2 rings (SSSR count). The van der Waals surface area contributed by atoms with Crippen LogP contribution in [-0.2, 0) is 11.3 Å². The van der Waals surface area contributed by atoms with E-state index in [9.17, 15) is 4.79 Å². The summed E-state index contributed by atoms with van der Waals surface area (Å²) in [6, 6.07) is 8.25. The number of hydrogen-bond acceptors (Lipinski definition) is 3. The number of carbonyl (C=O) groups is 1. The van der Waals surface area contributed by atoms with Crippen LogP contribution >= 0.6 is 0 Å². The van der Waals surface area contributed by atoms with E-state index in [-0.39, 0.29) is 11.8 Å². The van der Waals surface area contributed by atoms with Crippen LogP contribution in [0.2, 0.25) is 0 Å². The highest BCUT2D eigenvalue weighted by atomic mass is 16.2. The molecule has 98 valence electrons. The minimum Gasteiger partial charge on any atom is -0.373 e. The average Bonchev–Trinajstić information content (AvgIpc) is 2.57. The molecule has 0 saturated heterocycles. The first-order valence-electron chi connectivity index (χ1n) is 6.41. The van der Waals surface area contributed by atoms with Crippen LogP contribution in [0.4, 0.5) is 5.69 Å². The molecule has 4 heteroatoms. The van der Waals surface area contributed by atoms with Gasteiger partial charge in [0.1, 0.15) is 0 Å². The van der Waals surface area contributed by atoms with E-state index >= 15 is 0 Å². The van der Waals surface area contributed by atoms with Crippen molar-refractivity contribution < 1.29 is 4.79 Å². The van der Waals surface area contributed by atoms with Crippen molar-refractivity contribution in [3.8, 4) is 0 Å². The van der Waals surface area contributed by atoms with Crippen molar-refractivity contribution in [1.29, 1.82) is 0 Å². The molecule has 0 aromatic heterocycles. The topological polar surface area (TPSA) is 49.6 Å². The fourth-order valence-corrected chi connectivity index (χ4v) is 2.29. The highest BCUT2D eigenvalue weighted by molar-refractivity contribution is 5.79. The lowest BCUT2D eigenvalue weighted by Crippen LogP contribution is -2.39. The van der Waals surface area contributed by atoms with Crippen LogP contribution < -0.4 is 10.6 Å². The summed E-state index contributed by atoms with van der Waals surface area (Å²) in [5, 5.41) is 0. The molecule has 0 saturated carbocycles. The highest BCUT2D eigenvalue weighted by Gasteiger charge is 2.23. The summed E-state index contributed by atoms with van der Waals surface area (Å²) in [6.07, 6.45) is 0. The molecule has 1 aromatic carbocycles.